The number of pyridine rings is 1. The lowest BCUT2D eigenvalue weighted by Gasteiger charge is -2.10. The van der Waals surface area contributed by atoms with Crippen LogP contribution in [0.3, 0.4) is 0 Å². The van der Waals surface area contributed by atoms with E-state index in [1.165, 1.54) is 5.56 Å². The molecule has 0 aliphatic heterocycles. The average Bonchev–Trinajstić information content (AvgIpc) is 2.36. The second kappa shape index (κ2) is 5.65. The normalized spacial score (nSPS) is 10.4. The molecule has 1 aromatic carbocycles. The molecule has 94 valence electrons. The van der Waals surface area contributed by atoms with Crippen LogP contribution in [-0.2, 0) is 6.54 Å². The van der Waals surface area contributed by atoms with Crippen molar-refractivity contribution in [2.24, 2.45) is 0 Å². The Hall–Kier alpha value is -1.87. The summed E-state index contributed by atoms with van der Waals surface area (Å²) in [5.74, 6) is 1.50. The molecule has 0 atom stereocenters. The molecule has 0 bridgehead atoms. The van der Waals surface area contributed by atoms with Gasteiger partial charge in [-0.05, 0) is 44.2 Å². The third-order valence-corrected chi connectivity index (χ3v) is 2.91. The number of nitrogens with zero attached hydrogens (tertiary/aromatic N) is 1. The fourth-order valence-corrected chi connectivity index (χ4v) is 1.74. The number of aryl methyl sites for hydroxylation is 1. The van der Waals surface area contributed by atoms with E-state index in [0.29, 0.717) is 5.88 Å². The Morgan fingerprint density at radius 2 is 1.89 bits per heavy atom. The van der Waals surface area contributed by atoms with Crippen molar-refractivity contribution in [2.45, 2.75) is 20.4 Å². The van der Waals surface area contributed by atoms with Crippen molar-refractivity contribution < 1.29 is 4.74 Å². The van der Waals surface area contributed by atoms with Gasteiger partial charge in [-0.15, -0.1) is 0 Å². The van der Waals surface area contributed by atoms with E-state index in [2.05, 4.69) is 30.2 Å². The van der Waals surface area contributed by atoms with Crippen LogP contribution in [-0.4, -0.2) is 12.0 Å². The first-order chi connectivity index (χ1) is 8.70. The van der Waals surface area contributed by atoms with Crippen LogP contribution in [0.4, 0.5) is 0 Å². The van der Waals surface area contributed by atoms with Gasteiger partial charge in [0, 0.05) is 12.6 Å². The summed E-state index contributed by atoms with van der Waals surface area (Å²) < 4.78 is 5.84. The minimum Gasteiger partial charge on any atom is -0.439 e. The molecule has 0 unspecified atom stereocenters. The van der Waals surface area contributed by atoms with Gasteiger partial charge in [0.25, 0.3) is 0 Å². The predicted octanol–water partition coefficient (Wildman–Crippen LogP) is 3.21. The van der Waals surface area contributed by atoms with Gasteiger partial charge in [0.15, 0.2) is 0 Å². The van der Waals surface area contributed by atoms with Crippen molar-refractivity contribution in [3.8, 4) is 11.6 Å². The first-order valence-electron chi connectivity index (χ1n) is 6.05. The predicted molar refractivity (Wildman–Crippen MR) is 73.0 cm³/mol. The van der Waals surface area contributed by atoms with Gasteiger partial charge in [-0.2, -0.15) is 0 Å². The standard InChI is InChI=1S/C15H18N2O/c1-11-6-4-8-14(12(11)2)18-15-9-5-7-13(17-15)10-16-3/h4-9,16H,10H2,1-3H3. The monoisotopic (exact) mass is 242 g/mol. The van der Waals surface area contributed by atoms with Gasteiger partial charge in [0.05, 0.1) is 5.69 Å². The highest BCUT2D eigenvalue weighted by atomic mass is 16.5. The van der Waals surface area contributed by atoms with Gasteiger partial charge >= 0.3 is 0 Å². The van der Waals surface area contributed by atoms with Crippen molar-refractivity contribution in [1.82, 2.24) is 10.3 Å². The Morgan fingerprint density at radius 3 is 2.67 bits per heavy atom. The molecule has 0 spiro atoms. The molecule has 0 saturated carbocycles. The number of nitrogens with one attached hydrogen (secondary N) is 1. The summed E-state index contributed by atoms with van der Waals surface area (Å²) in [5, 5.41) is 3.08. The zero-order valence-electron chi connectivity index (χ0n) is 11.0. The maximum absolute atomic E-state index is 5.84. The second-order valence-corrected chi connectivity index (χ2v) is 4.30. The van der Waals surface area contributed by atoms with Gasteiger partial charge in [0.1, 0.15) is 5.75 Å². The Labute approximate surface area is 108 Å². The number of ether oxygens (including phenoxy) is 1. The summed E-state index contributed by atoms with van der Waals surface area (Å²) in [6, 6.07) is 11.9. The molecular formula is C15H18N2O. The largest absolute Gasteiger partial charge is 0.439 e. The number of rotatable bonds is 4. The van der Waals surface area contributed by atoms with E-state index in [1.807, 2.05) is 37.4 Å². The van der Waals surface area contributed by atoms with E-state index in [4.69, 9.17) is 4.74 Å². The molecule has 2 aromatic rings. The molecule has 18 heavy (non-hydrogen) atoms. The Balaban J connectivity index is 2.23. The lowest BCUT2D eigenvalue weighted by atomic mass is 10.1. The van der Waals surface area contributed by atoms with Crippen LogP contribution >= 0.6 is 0 Å². The van der Waals surface area contributed by atoms with Crippen molar-refractivity contribution in [2.75, 3.05) is 7.05 Å². The minimum atomic E-state index is 0.636. The molecule has 0 fully saturated rings. The first-order valence-corrected chi connectivity index (χ1v) is 6.05. The van der Waals surface area contributed by atoms with E-state index in [0.717, 1.165) is 23.6 Å². The molecule has 0 saturated heterocycles. The molecule has 0 radical (unpaired) electrons. The Kier molecular flexibility index (Phi) is 3.95. The average molecular weight is 242 g/mol. The van der Waals surface area contributed by atoms with E-state index in [1.54, 1.807) is 0 Å². The Morgan fingerprint density at radius 1 is 1.11 bits per heavy atom. The van der Waals surface area contributed by atoms with Crippen molar-refractivity contribution >= 4 is 0 Å². The van der Waals surface area contributed by atoms with Crippen LogP contribution in [0.25, 0.3) is 0 Å². The summed E-state index contributed by atoms with van der Waals surface area (Å²) in [4.78, 5) is 4.44. The SMILES string of the molecule is CNCc1cccc(Oc2cccc(C)c2C)n1. The maximum Gasteiger partial charge on any atom is 0.219 e. The van der Waals surface area contributed by atoms with Gasteiger partial charge in [-0.1, -0.05) is 18.2 Å². The molecular weight excluding hydrogens is 224 g/mol. The van der Waals surface area contributed by atoms with Crippen LogP contribution in [0.1, 0.15) is 16.8 Å². The maximum atomic E-state index is 5.84. The minimum absolute atomic E-state index is 0.636. The van der Waals surface area contributed by atoms with Crippen molar-refractivity contribution in [3.05, 3.63) is 53.2 Å². The van der Waals surface area contributed by atoms with Crippen LogP contribution in [0.2, 0.25) is 0 Å². The lowest BCUT2D eigenvalue weighted by Crippen LogP contribution is -2.07. The number of aromatic nitrogens is 1. The zero-order valence-corrected chi connectivity index (χ0v) is 11.0. The summed E-state index contributed by atoms with van der Waals surface area (Å²) in [6.45, 7) is 4.87. The molecule has 1 aromatic heterocycles. The molecule has 1 heterocycles. The molecule has 0 aliphatic rings. The topological polar surface area (TPSA) is 34.1 Å². The van der Waals surface area contributed by atoms with E-state index >= 15 is 0 Å². The summed E-state index contributed by atoms with van der Waals surface area (Å²) >= 11 is 0. The zero-order chi connectivity index (χ0) is 13.0. The smallest absolute Gasteiger partial charge is 0.219 e. The van der Waals surface area contributed by atoms with Crippen LogP contribution in [0, 0.1) is 13.8 Å². The highest BCUT2D eigenvalue weighted by molar-refractivity contribution is 5.40. The van der Waals surface area contributed by atoms with Crippen molar-refractivity contribution in [1.29, 1.82) is 0 Å². The van der Waals surface area contributed by atoms with E-state index in [-0.39, 0.29) is 0 Å². The molecule has 3 heteroatoms. The summed E-state index contributed by atoms with van der Waals surface area (Å²) in [6.07, 6.45) is 0. The van der Waals surface area contributed by atoms with E-state index in [9.17, 15) is 0 Å². The molecule has 0 aliphatic carbocycles. The van der Waals surface area contributed by atoms with Crippen LogP contribution < -0.4 is 10.1 Å². The molecule has 3 nitrogen and oxygen atoms in total. The second-order valence-electron chi connectivity index (χ2n) is 4.30. The fraction of sp³-hybridized carbons (Fsp3) is 0.267. The van der Waals surface area contributed by atoms with Gasteiger partial charge < -0.3 is 10.1 Å². The molecule has 0 amide bonds. The summed E-state index contributed by atoms with van der Waals surface area (Å²) in [5.41, 5.74) is 3.34. The van der Waals surface area contributed by atoms with Crippen LogP contribution in [0.15, 0.2) is 36.4 Å². The van der Waals surface area contributed by atoms with Crippen molar-refractivity contribution in [3.63, 3.8) is 0 Å². The molecule has 1 N–H and O–H groups in total. The quantitative estimate of drug-likeness (QED) is 0.894. The number of hydrogen-bond acceptors (Lipinski definition) is 3. The third kappa shape index (κ3) is 2.87. The third-order valence-electron chi connectivity index (χ3n) is 2.91. The highest BCUT2D eigenvalue weighted by Gasteiger charge is 2.04. The van der Waals surface area contributed by atoms with Gasteiger partial charge in [-0.3, -0.25) is 0 Å². The van der Waals surface area contributed by atoms with Crippen LogP contribution in [0.5, 0.6) is 11.6 Å². The number of benzene rings is 1. The van der Waals surface area contributed by atoms with Gasteiger partial charge in [0.2, 0.25) is 5.88 Å². The van der Waals surface area contributed by atoms with Gasteiger partial charge in [-0.25, -0.2) is 4.98 Å². The fourth-order valence-electron chi connectivity index (χ4n) is 1.74. The molecule has 2 rings (SSSR count). The summed E-state index contributed by atoms with van der Waals surface area (Å²) in [7, 11) is 1.90. The number of hydrogen-bond donors (Lipinski definition) is 1. The highest BCUT2D eigenvalue weighted by Crippen LogP contribution is 2.25. The Bertz CT molecular complexity index is 538. The first kappa shape index (κ1) is 12.6. The van der Waals surface area contributed by atoms with E-state index < -0.39 is 0 Å². The lowest BCUT2D eigenvalue weighted by molar-refractivity contribution is 0.456.